The minimum absolute atomic E-state index is 0.111. The fraction of sp³-hybridized carbons (Fsp3) is 0.524. The van der Waals surface area contributed by atoms with Gasteiger partial charge in [0.1, 0.15) is 0 Å². The summed E-state index contributed by atoms with van der Waals surface area (Å²) in [6, 6.07) is 11.5. The maximum Gasteiger partial charge on any atom is 0.228 e. The number of likely N-dealkylation sites (tertiary alicyclic amines) is 1. The second-order valence-electron chi connectivity index (χ2n) is 7.98. The van der Waals surface area contributed by atoms with Gasteiger partial charge in [0.15, 0.2) is 0 Å². The quantitative estimate of drug-likeness (QED) is 0.873. The maximum absolute atomic E-state index is 12.9. The topological polar surface area (TPSA) is 57.3 Å². The van der Waals surface area contributed by atoms with Crippen molar-refractivity contribution in [3.05, 3.63) is 42.1 Å². The van der Waals surface area contributed by atoms with Gasteiger partial charge >= 0.3 is 0 Å². The summed E-state index contributed by atoms with van der Waals surface area (Å²) in [7, 11) is 0. The van der Waals surface area contributed by atoms with Crippen LogP contribution in [-0.4, -0.2) is 41.0 Å². The molecule has 3 fully saturated rings. The van der Waals surface area contributed by atoms with E-state index in [1.165, 1.54) is 23.8 Å². The molecule has 0 radical (unpaired) electrons. The van der Waals surface area contributed by atoms with E-state index in [0.717, 1.165) is 25.0 Å². The highest BCUT2D eigenvalue weighted by Crippen LogP contribution is 2.44. The van der Waals surface area contributed by atoms with Gasteiger partial charge in [-0.3, -0.25) is 20.6 Å². The Morgan fingerprint density at radius 3 is 3.08 bits per heavy atom. The van der Waals surface area contributed by atoms with Crippen molar-refractivity contribution in [3.63, 3.8) is 0 Å². The number of hydrazine groups is 1. The average Bonchev–Trinajstić information content (AvgIpc) is 3.18. The van der Waals surface area contributed by atoms with E-state index in [2.05, 4.69) is 51.9 Å². The van der Waals surface area contributed by atoms with Gasteiger partial charge in [0.05, 0.1) is 11.4 Å². The molecule has 5 rings (SSSR count). The molecule has 2 aliphatic heterocycles. The average molecular weight is 350 g/mol. The molecule has 5 unspecified atom stereocenters. The third kappa shape index (κ3) is 2.45. The third-order valence-corrected chi connectivity index (χ3v) is 6.79. The van der Waals surface area contributed by atoms with E-state index in [0.29, 0.717) is 29.8 Å². The minimum Gasteiger partial charge on any atom is -0.339 e. The number of amides is 1. The molecule has 2 aromatic rings. The van der Waals surface area contributed by atoms with Crippen LogP contribution in [0.5, 0.6) is 0 Å². The zero-order valence-corrected chi connectivity index (χ0v) is 15.2. The Balaban J connectivity index is 1.44. The summed E-state index contributed by atoms with van der Waals surface area (Å²) in [5.74, 6) is 1.53. The number of hydrogen-bond donors (Lipinski definition) is 2. The third-order valence-electron chi connectivity index (χ3n) is 6.79. The first-order chi connectivity index (χ1) is 12.8. The number of aromatic nitrogens is 1. The van der Waals surface area contributed by atoms with E-state index in [-0.39, 0.29) is 5.92 Å². The highest BCUT2D eigenvalue weighted by atomic mass is 16.2. The molecule has 1 amide bonds. The van der Waals surface area contributed by atoms with Crippen LogP contribution in [0.3, 0.4) is 0 Å². The van der Waals surface area contributed by atoms with Crippen LogP contribution in [0.4, 0.5) is 0 Å². The van der Waals surface area contributed by atoms with Crippen molar-refractivity contribution >= 4 is 16.8 Å². The molecule has 26 heavy (non-hydrogen) atoms. The van der Waals surface area contributed by atoms with E-state index in [1.807, 2.05) is 12.3 Å². The number of pyridine rings is 1. The number of rotatable bonds is 2. The first-order valence-electron chi connectivity index (χ1n) is 9.90. The van der Waals surface area contributed by atoms with Crippen LogP contribution in [0.15, 0.2) is 36.5 Å². The normalized spacial score (nSPS) is 34.0. The minimum atomic E-state index is 0.111. The van der Waals surface area contributed by atoms with E-state index < -0.39 is 0 Å². The van der Waals surface area contributed by atoms with Crippen molar-refractivity contribution in [2.45, 2.75) is 44.2 Å². The Morgan fingerprint density at radius 1 is 1.27 bits per heavy atom. The first-order valence-corrected chi connectivity index (χ1v) is 9.90. The first kappa shape index (κ1) is 16.2. The predicted molar refractivity (Wildman–Crippen MR) is 101 cm³/mol. The Labute approximate surface area is 154 Å². The summed E-state index contributed by atoms with van der Waals surface area (Å²) < 4.78 is 0. The lowest BCUT2D eigenvalue weighted by molar-refractivity contribution is -0.146. The molecule has 1 aromatic carbocycles. The summed E-state index contributed by atoms with van der Waals surface area (Å²) in [6.45, 7) is 3.71. The summed E-state index contributed by atoms with van der Waals surface area (Å²) in [4.78, 5) is 19.5. The number of carbonyl (C=O) groups excluding carboxylic acids is 1. The van der Waals surface area contributed by atoms with Crippen molar-refractivity contribution in [1.82, 2.24) is 20.7 Å². The SMILES string of the molecule is CCN1C(=O)C2CNNC2C2CCC(c3ccc4ncccc4c3)CC21. The molecular weight excluding hydrogens is 324 g/mol. The fourth-order valence-electron chi connectivity index (χ4n) is 5.53. The largest absolute Gasteiger partial charge is 0.339 e. The molecule has 3 heterocycles. The Kier molecular flexibility index (Phi) is 3.94. The lowest BCUT2D eigenvalue weighted by atomic mass is 9.67. The second kappa shape index (κ2) is 6.32. The standard InChI is InChI=1S/C21H26N4O/c1-2-25-19-11-14(13-6-8-18-15(10-13)4-3-9-22-18)5-7-16(19)20-17(21(25)26)12-23-24-20/h3-4,6,8-10,14,16-17,19-20,23-24H,2,5,7,11-12H2,1H3. The van der Waals surface area contributed by atoms with Gasteiger partial charge in [-0.05, 0) is 61.8 Å². The Hall–Kier alpha value is -1.98. The molecule has 2 saturated heterocycles. The molecule has 5 heteroatoms. The molecule has 0 spiro atoms. The van der Waals surface area contributed by atoms with Gasteiger partial charge in [-0.2, -0.15) is 0 Å². The van der Waals surface area contributed by atoms with Gasteiger partial charge in [0.25, 0.3) is 0 Å². The summed E-state index contributed by atoms with van der Waals surface area (Å²) in [5, 5.41) is 1.21. The van der Waals surface area contributed by atoms with Crippen molar-refractivity contribution in [1.29, 1.82) is 0 Å². The number of benzene rings is 1. The summed E-state index contributed by atoms with van der Waals surface area (Å²) in [6.07, 6.45) is 5.30. The Morgan fingerprint density at radius 2 is 2.19 bits per heavy atom. The zero-order valence-electron chi connectivity index (χ0n) is 15.2. The molecule has 5 atom stereocenters. The molecule has 1 saturated carbocycles. The molecule has 1 aliphatic carbocycles. The second-order valence-corrected chi connectivity index (χ2v) is 7.98. The predicted octanol–water partition coefficient (Wildman–Crippen LogP) is 2.44. The lowest BCUT2D eigenvalue weighted by Crippen LogP contribution is -2.61. The van der Waals surface area contributed by atoms with Gasteiger partial charge in [-0.1, -0.05) is 12.1 Å². The van der Waals surface area contributed by atoms with Gasteiger partial charge < -0.3 is 4.90 Å². The van der Waals surface area contributed by atoms with Crippen LogP contribution >= 0.6 is 0 Å². The monoisotopic (exact) mass is 350 g/mol. The number of fused-ring (bicyclic) bond motifs is 4. The van der Waals surface area contributed by atoms with Crippen molar-refractivity contribution in [3.8, 4) is 0 Å². The number of nitrogens with one attached hydrogen (secondary N) is 2. The Bertz CT molecular complexity index is 838. The van der Waals surface area contributed by atoms with E-state index in [9.17, 15) is 4.79 Å². The van der Waals surface area contributed by atoms with Crippen LogP contribution in [0, 0.1) is 11.8 Å². The molecule has 0 bridgehead atoms. The van der Waals surface area contributed by atoms with Crippen molar-refractivity contribution in [2.75, 3.05) is 13.1 Å². The molecular formula is C21H26N4O. The van der Waals surface area contributed by atoms with E-state index in [1.54, 1.807) is 0 Å². The van der Waals surface area contributed by atoms with Gasteiger partial charge in [0.2, 0.25) is 5.91 Å². The number of piperidine rings is 1. The maximum atomic E-state index is 12.9. The molecule has 3 aliphatic rings. The van der Waals surface area contributed by atoms with E-state index >= 15 is 0 Å². The number of nitrogens with zero attached hydrogens (tertiary/aromatic N) is 2. The van der Waals surface area contributed by atoms with Crippen LogP contribution in [0.1, 0.15) is 37.7 Å². The van der Waals surface area contributed by atoms with Gasteiger partial charge in [0, 0.05) is 36.8 Å². The highest BCUT2D eigenvalue weighted by molar-refractivity contribution is 5.82. The molecule has 136 valence electrons. The van der Waals surface area contributed by atoms with Crippen molar-refractivity contribution in [2.24, 2.45) is 11.8 Å². The van der Waals surface area contributed by atoms with E-state index in [4.69, 9.17) is 0 Å². The van der Waals surface area contributed by atoms with Crippen LogP contribution in [0.25, 0.3) is 10.9 Å². The fourth-order valence-corrected chi connectivity index (χ4v) is 5.53. The summed E-state index contributed by atoms with van der Waals surface area (Å²) >= 11 is 0. The van der Waals surface area contributed by atoms with Crippen LogP contribution < -0.4 is 10.9 Å². The highest BCUT2D eigenvalue weighted by Gasteiger charge is 2.51. The van der Waals surface area contributed by atoms with Crippen LogP contribution in [0.2, 0.25) is 0 Å². The van der Waals surface area contributed by atoms with Crippen molar-refractivity contribution < 1.29 is 4.79 Å². The molecule has 5 nitrogen and oxygen atoms in total. The number of carbonyl (C=O) groups is 1. The van der Waals surface area contributed by atoms with Gasteiger partial charge in [-0.25, -0.2) is 0 Å². The molecule has 2 N–H and O–H groups in total. The number of hydrogen-bond acceptors (Lipinski definition) is 4. The lowest BCUT2D eigenvalue weighted by Gasteiger charge is -2.50. The smallest absolute Gasteiger partial charge is 0.228 e. The zero-order chi connectivity index (χ0) is 17.7. The van der Waals surface area contributed by atoms with Gasteiger partial charge in [-0.15, -0.1) is 0 Å². The molecule has 1 aromatic heterocycles. The summed E-state index contributed by atoms with van der Waals surface area (Å²) in [5.41, 5.74) is 9.09. The van der Waals surface area contributed by atoms with Crippen LogP contribution in [-0.2, 0) is 4.79 Å².